The topological polar surface area (TPSA) is 55.8 Å². The molecule has 0 saturated carbocycles. The third-order valence-electron chi connectivity index (χ3n) is 4.97. The number of imide groups is 1. The molecular weight excluding hydrogens is 441 g/mol. The van der Waals surface area contributed by atoms with Crippen molar-refractivity contribution in [3.8, 4) is 11.5 Å². The number of ether oxygens (including phenoxy) is 2. The third kappa shape index (κ3) is 6.02. The third-order valence-corrected chi connectivity index (χ3v) is 5.88. The molecule has 0 N–H and O–H groups in total. The minimum absolute atomic E-state index is 0.187. The zero-order valence-corrected chi connectivity index (χ0v) is 18.8. The predicted octanol–water partition coefficient (Wildman–Crippen LogP) is 5.83. The standard InChI is InChI=1S/C26H22FNO4S/c1-18-2-10-22(11-3-18)31-15-14-28-25(29)24(33-26(28)30)16-19-6-12-23(13-7-19)32-17-20-4-8-21(27)9-5-20/h2-13,16H,14-15,17H2,1H3/b24-16-. The molecule has 0 atom stereocenters. The van der Waals surface area contributed by atoms with Gasteiger partial charge in [-0.2, -0.15) is 0 Å². The summed E-state index contributed by atoms with van der Waals surface area (Å²) in [6.45, 7) is 2.73. The minimum atomic E-state index is -0.325. The highest BCUT2D eigenvalue weighted by molar-refractivity contribution is 8.18. The Morgan fingerprint density at radius 2 is 1.52 bits per heavy atom. The molecule has 5 nitrogen and oxygen atoms in total. The molecule has 0 aliphatic carbocycles. The molecule has 1 aliphatic heterocycles. The maximum atomic E-state index is 13.0. The van der Waals surface area contributed by atoms with E-state index in [4.69, 9.17) is 9.47 Å². The molecule has 0 bridgehead atoms. The second kappa shape index (κ2) is 10.4. The summed E-state index contributed by atoms with van der Waals surface area (Å²) in [5.41, 5.74) is 2.77. The molecule has 3 aromatic carbocycles. The summed E-state index contributed by atoms with van der Waals surface area (Å²) in [7, 11) is 0. The van der Waals surface area contributed by atoms with Crippen LogP contribution in [-0.4, -0.2) is 29.2 Å². The lowest BCUT2D eigenvalue weighted by atomic mass is 10.2. The lowest BCUT2D eigenvalue weighted by Gasteiger charge is -2.13. The van der Waals surface area contributed by atoms with Crippen LogP contribution in [-0.2, 0) is 11.4 Å². The van der Waals surface area contributed by atoms with Gasteiger partial charge in [-0.15, -0.1) is 0 Å². The first kappa shape index (κ1) is 22.6. The summed E-state index contributed by atoms with van der Waals surface area (Å²) in [6.07, 6.45) is 1.69. The summed E-state index contributed by atoms with van der Waals surface area (Å²) in [6, 6.07) is 20.9. The number of halogens is 1. The van der Waals surface area contributed by atoms with Gasteiger partial charge in [-0.25, -0.2) is 4.39 Å². The van der Waals surface area contributed by atoms with Gasteiger partial charge in [-0.05, 0) is 72.3 Å². The fraction of sp³-hybridized carbons (Fsp3) is 0.154. The molecule has 0 radical (unpaired) electrons. The Balaban J connectivity index is 1.31. The quantitative estimate of drug-likeness (QED) is 0.394. The number of hydrogen-bond donors (Lipinski definition) is 0. The maximum Gasteiger partial charge on any atom is 0.293 e. The van der Waals surface area contributed by atoms with Crippen molar-refractivity contribution < 1.29 is 23.5 Å². The van der Waals surface area contributed by atoms with E-state index in [1.165, 1.54) is 17.0 Å². The Labute approximate surface area is 195 Å². The molecule has 3 aromatic rings. The zero-order valence-electron chi connectivity index (χ0n) is 18.0. The van der Waals surface area contributed by atoms with Crippen LogP contribution in [0.5, 0.6) is 11.5 Å². The second-order valence-corrected chi connectivity index (χ2v) is 8.47. The fourth-order valence-electron chi connectivity index (χ4n) is 3.14. The van der Waals surface area contributed by atoms with Crippen molar-refractivity contribution in [1.82, 2.24) is 4.90 Å². The summed E-state index contributed by atoms with van der Waals surface area (Å²) in [5, 5.41) is -0.307. The van der Waals surface area contributed by atoms with Gasteiger partial charge in [0.2, 0.25) is 0 Å². The first-order valence-electron chi connectivity index (χ1n) is 10.4. The number of carbonyl (C=O) groups is 2. The fourth-order valence-corrected chi connectivity index (χ4v) is 4.01. The van der Waals surface area contributed by atoms with E-state index in [0.29, 0.717) is 23.0 Å². The van der Waals surface area contributed by atoms with Crippen LogP contribution < -0.4 is 9.47 Å². The van der Waals surface area contributed by atoms with E-state index in [0.717, 1.165) is 28.5 Å². The van der Waals surface area contributed by atoms with E-state index >= 15 is 0 Å². The van der Waals surface area contributed by atoms with Gasteiger partial charge >= 0.3 is 0 Å². The van der Waals surface area contributed by atoms with Crippen LogP contribution in [0, 0.1) is 12.7 Å². The van der Waals surface area contributed by atoms with E-state index in [-0.39, 0.29) is 30.1 Å². The van der Waals surface area contributed by atoms with Crippen molar-refractivity contribution in [3.63, 3.8) is 0 Å². The Morgan fingerprint density at radius 3 is 2.21 bits per heavy atom. The van der Waals surface area contributed by atoms with Crippen LogP contribution in [0.4, 0.5) is 9.18 Å². The molecule has 1 aliphatic rings. The van der Waals surface area contributed by atoms with Crippen molar-refractivity contribution in [2.75, 3.05) is 13.2 Å². The Kier molecular flexibility index (Phi) is 7.10. The monoisotopic (exact) mass is 463 g/mol. The second-order valence-electron chi connectivity index (χ2n) is 7.48. The minimum Gasteiger partial charge on any atom is -0.492 e. The molecule has 33 heavy (non-hydrogen) atoms. The molecular formula is C26H22FNO4S. The van der Waals surface area contributed by atoms with Gasteiger partial charge in [0.25, 0.3) is 11.1 Å². The Bertz CT molecular complexity index is 1160. The average molecular weight is 464 g/mol. The highest BCUT2D eigenvalue weighted by Crippen LogP contribution is 2.32. The summed E-state index contributed by atoms with van der Waals surface area (Å²) in [5.74, 6) is 0.739. The molecule has 1 saturated heterocycles. The first-order chi connectivity index (χ1) is 16.0. The average Bonchev–Trinajstić information content (AvgIpc) is 3.08. The number of hydrogen-bond acceptors (Lipinski definition) is 5. The molecule has 0 unspecified atom stereocenters. The largest absolute Gasteiger partial charge is 0.492 e. The summed E-state index contributed by atoms with van der Waals surface area (Å²) in [4.78, 5) is 26.5. The van der Waals surface area contributed by atoms with Gasteiger partial charge < -0.3 is 9.47 Å². The molecule has 0 aromatic heterocycles. The van der Waals surface area contributed by atoms with Crippen LogP contribution in [0.3, 0.4) is 0 Å². The van der Waals surface area contributed by atoms with Gasteiger partial charge in [0, 0.05) is 0 Å². The van der Waals surface area contributed by atoms with Crippen molar-refractivity contribution >= 4 is 29.0 Å². The smallest absolute Gasteiger partial charge is 0.293 e. The van der Waals surface area contributed by atoms with E-state index in [9.17, 15) is 14.0 Å². The number of nitrogens with zero attached hydrogens (tertiary/aromatic N) is 1. The highest BCUT2D eigenvalue weighted by atomic mass is 32.2. The van der Waals surface area contributed by atoms with E-state index in [1.54, 1.807) is 30.3 Å². The molecule has 0 spiro atoms. The maximum absolute atomic E-state index is 13.0. The van der Waals surface area contributed by atoms with Crippen molar-refractivity contribution in [3.05, 3.63) is 100 Å². The molecule has 7 heteroatoms. The lowest BCUT2D eigenvalue weighted by molar-refractivity contribution is -0.123. The molecule has 168 valence electrons. The van der Waals surface area contributed by atoms with E-state index in [1.807, 2.05) is 43.3 Å². The number of carbonyl (C=O) groups excluding carboxylic acids is 2. The number of benzene rings is 3. The van der Waals surface area contributed by atoms with Gasteiger partial charge in [-0.1, -0.05) is 42.0 Å². The Hall–Kier alpha value is -3.58. The van der Waals surface area contributed by atoms with Gasteiger partial charge in [-0.3, -0.25) is 14.5 Å². The molecule has 1 fully saturated rings. The van der Waals surface area contributed by atoms with E-state index in [2.05, 4.69) is 0 Å². The molecule has 1 heterocycles. The summed E-state index contributed by atoms with van der Waals surface area (Å²) >= 11 is 0.919. The number of rotatable bonds is 8. The van der Waals surface area contributed by atoms with Crippen LogP contribution in [0.2, 0.25) is 0 Å². The van der Waals surface area contributed by atoms with Crippen LogP contribution in [0.25, 0.3) is 6.08 Å². The number of thioether (sulfide) groups is 1. The Morgan fingerprint density at radius 1 is 0.879 bits per heavy atom. The predicted molar refractivity (Wildman–Crippen MR) is 127 cm³/mol. The SMILES string of the molecule is Cc1ccc(OCCN2C(=O)S/C(=C\c3ccc(OCc4ccc(F)cc4)cc3)C2=O)cc1. The van der Waals surface area contributed by atoms with Crippen LogP contribution in [0.15, 0.2) is 77.7 Å². The molecule has 4 rings (SSSR count). The molecule has 2 amide bonds. The van der Waals surface area contributed by atoms with Gasteiger partial charge in [0.15, 0.2) is 0 Å². The van der Waals surface area contributed by atoms with Crippen molar-refractivity contribution in [1.29, 1.82) is 0 Å². The van der Waals surface area contributed by atoms with E-state index < -0.39 is 0 Å². The van der Waals surface area contributed by atoms with Crippen molar-refractivity contribution in [2.45, 2.75) is 13.5 Å². The van der Waals surface area contributed by atoms with Crippen molar-refractivity contribution in [2.24, 2.45) is 0 Å². The zero-order chi connectivity index (χ0) is 23.2. The van der Waals surface area contributed by atoms with Crippen LogP contribution >= 0.6 is 11.8 Å². The van der Waals surface area contributed by atoms with Crippen LogP contribution in [0.1, 0.15) is 16.7 Å². The number of amides is 2. The lowest BCUT2D eigenvalue weighted by Crippen LogP contribution is -2.32. The van der Waals surface area contributed by atoms with Gasteiger partial charge in [0.05, 0.1) is 11.4 Å². The normalized spacial score (nSPS) is 14.7. The first-order valence-corrected chi connectivity index (χ1v) is 11.2. The van der Waals surface area contributed by atoms with Gasteiger partial charge in [0.1, 0.15) is 30.5 Å². The highest BCUT2D eigenvalue weighted by Gasteiger charge is 2.34. The number of aryl methyl sites for hydroxylation is 1. The summed E-state index contributed by atoms with van der Waals surface area (Å²) < 4.78 is 24.3.